The maximum absolute atomic E-state index is 12.3. The van der Waals surface area contributed by atoms with Crippen LogP contribution in [0.1, 0.15) is 27.9 Å². The SMILES string of the molecule is Cc1c(Br)ncc(C(F)F)c1C=O. The van der Waals surface area contributed by atoms with Gasteiger partial charge in [0.2, 0.25) is 0 Å². The van der Waals surface area contributed by atoms with Crippen molar-refractivity contribution in [3.63, 3.8) is 0 Å². The molecule has 1 rings (SSSR count). The van der Waals surface area contributed by atoms with Gasteiger partial charge in [-0.2, -0.15) is 0 Å². The number of alkyl halides is 2. The first-order valence-electron chi connectivity index (χ1n) is 3.46. The maximum atomic E-state index is 12.3. The quantitative estimate of drug-likeness (QED) is 0.596. The largest absolute Gasteiger partial charge is 0.298 e. The van der Waals surface area contributed by atoms with E-state index in [-0.39, 0.29) is 11.1 Å². The Labute approximate surface area is 82.1 Å². The van der Waals surface area contributed by atoms with E-state index in [2.05, 4.69) is 20.9 Å². The molecule has 0 spiro atoms. The Balaban J connectivity index is 3.38. The predicted molar refractivity (Wildman–Crippen MR) is 47.0 cm³/mol. The molecule has 0 atom stereocenters. The second kappa shape index (κ2) is 3.91. The number of rotatable bonds is 2. The van der Waals surface area contributed by atoms with Gasteiger partial charge in [0, 0.05) is 17.3 Å². The number of carbonyl (C=O) groups is 1. The lowest BCUT2D eigenvalue weighted by molar-refractivity contribution is 0.110. The van der Waals surface area contributed by atoms with Gasteiger partial charge in [0.25, 0.3) is 6.43 Å². The zero-order valence-electron chi connectivity index (χ0n) is 6.72. The number of aldehydes is 1. The van der Waals surface area contributed by atoms with Gasteiger partial charge in [-0.15, -0.1) is 0 Å². The third-order valence-electron chi connectivity index (χ3n) is 1.69. The van der Waals surface area contributed by atoms with E-state index in [1.807, 2.05) is 0 Å². The average molecular weight is 250 g/mol. The molecular formula is C8H6BrF2NO. The zero-order valence-corrected chi connectivity index (χ0v) is 8.31. The number of hydrogen-bond acceptors (Lipinski definition) is 2. The highest BCUT2D eigenvalue weighted by atomic mass is 79.9. The number of carbonyl (C=O) groups excluding carboxylic acids is 1. The Morgan fingerprint density at radius 2 is 2.23 bits per heavy atom. The molecule has 0 aliphatic heterocycles. The third-order valence-corrected chi connectivity index (χ3v) is 2.49. The molecule has 1 aromatic rings. The molecule has 0 radical (unpaired) electrons. The number of pyridine rings is 1. The molecule has 0 saturated heterocycles. The summed E-state index contributed by atoms with van der Waals surface area (Å²) < 4.78 is 25.0. The fraction of sp³-hybridized carbons (Fsp3) is 0.250. The van der Waals surface area contributed by atoms with E-state index in [1.54, 1.807) is 6.92 Å². The van der Waals surface area contributed by atoms with Gasteiger partial charge >= 0.3 is 0 Å². The van der Waals surface area contributed by atoms with Crippen molar-refractivity contribution >= 4 is 22.2 Å². The summed E-state index contributed by atoms with van der Waals surface area (Å²) in [4.78, 5) is 14.2. The Morgan fingerprint density at radius 1 is 1.62 bits per heavy atom. The van der Waals surface area contributed by atoms with Crippen molar-refractivity contribution in [2.45, 2.75) is 13.3 Å². The number of nitrogens with zero attached hydrogens (tertiary/aromatic N) is 1. The second-order valence-electron chi connectivity index (χ2n) is 2.46. The molecule has 70 valence electrons. The first kappa shape index (κ1) is 10.2. The lowest BCUT2D eigenvalue weighted by atomic mass is 10.1. The van der Waals surface area contributed by atoms with Crippen LogP contribution < -0.4 is 0 Å². The average Bonchev–Trinajstić information content (AvgIpc) is 2.09. The summed E-state index contributed by atoms with van der Waals surface area (Å²) in [6.45, 7) is 1.56. The molecule has 0 unspecified atom stereocenters. The zero-order chi connectivity index (χ0) is 10.0. The van der Waals surface area contributed by atoms with Crippen molar-refractivity contribution in [2.24, 2.45) is 0 Å². The van der Waals surface area contributed by atoms with Crippen LogP contribution in [0.4, 0.5) is 8.78 Å². The van der Waals surface area contributed by atoms with Gasteiger partial charge in [0.05, 0.1) is 0 Å². The molecule has 0 aromatic carbocycles. The molecule has 0 aliphatic rings. The number of halogens is 3. The molecular weight excluding hydrogens is 244 g/mol. The molecule has 0 fully saturated rings. The van der Waals surface area contributed by atoms with E-state index < -0.39 is 6.43 Å². The number of hydrogen-bond donors (Lipinski definition) is 0. The van der Waals surface area contributed by atoms with Gasteiger partial charge in [-0.25, -0.2) is 13.8 Å². The summed E-state index contributed by atoms with van der Waals surface area (Å²) in [6, 6.07) is 0. The monoisotopic (exact) mass is 249 g/mol. The molecule has 5 heteroatoms. The first-order chi connectivity index (χ1) is 6.07. The minimum Gasteiger partial charge on any atom is -0.298 e. The lowest BCUT2D eigenvalue weighted by Gasteiger charge is -2.06. The van der Waals surface area contributed by atoms with E-state index in [4.69, 9.17) is 0 Å². The smallest absolute Gasteiger partial charge is 0.266 e. The van der Waals surface area contributed by atoms with Gasteiger partial charge in [-0.3, -0.25) is 4.79 Å². The van der Waals surface area contributed by atoms with Gasteiger partial charge in [-0.1, -0.05) is 0 Å². The summed E-state index contributed by atoms with van der Waals surface area (Å²) >= 11 is 3.06. The predicted octanol–water partition coefficient (Wildman–Crippen LogP) is 2.90. The Kier molecular flexibility index (Phi) is 3.08. The molecule has 0 aliphatic carbocycles. The van der Waals surface area contributed by atoms with E-state index in [9.17, 15) is 13.6 Å². The highest BCUT2D eigenvalue weighted by molar-refractivity contribution is 9.10. The van der Waals surface area contributed by atoms with Crippen molar-refractivity contribution < 1.29 is 13.6 Å². The topological polar surface area (TPSA) is 30.0 Å². The number of aromatic nitrogens is 1. The minimum absolute atomic E-state index is 0.0110. The summed E-state index contributed by atoms with van der Waals surface area (Å²) in [6.07, 6.45) is -1.24. The van der Waals surface area contributed by atoms with Gasteiger partial charge in [-0.05, 0) is 28.4 Å². The highest BCUT2D eigenvalue weighted by Crippen LogP contribution is 2.26. The first-order valence-corrected chi connectivity index (χ1v) is 4.25. The third kappa shape index (κ3) is 1.91. The molecule has 0 bridgehead atoms. The minimum atomic E-state index is -2.67. The van der Waals surface area contributed by atoms with E-state index in [0.29, 0.717) is 16.5 Å². The van der Waals surface area contributed by atoms with Crippen molar-refractivity contribution in [1.29, 1.82) is 0 Å². The van der Waals surface area contributed by atoms with Crippen molar-refractivity contribution in [2.75, 3.05) is 0 Å². The molecule has 1 heterocycles. The molecule has 1 aromatic heterocycles. The standard InChI is InChI=1S/C8H6BrF2NO/c1-4-6(3-13)5(8(10)11)2-12-7(4)9/h2-3,8H,1H3. The van der Waals surface area contributed by atoms with E-state index >= 15 is 0 Å². The van der Waals surface area contributed by atoms with Crippen LogP contribution in [0.5, 0.6) is 0 Å². The molecule has 0 N–H and O–H groups in total. The summed E-state index contributed by atoms with van der Waals surface area (Å²) in [5.41, 5.74) is 0.125. The van der Waals surface area contributed by atoms with Crippen LogP contribution in [-0.4, -0.2) is 11.3 Å². The Morgan fingerprint density at radius 3 is 2.69 bits per heavy atom. The van der Waals surface area contributed by atoms with Crippen molar-refractivity contribution in [3.05, 3.63) is 27.5 Å². The van der Waals surface area contributed by atoms with Crippen LogP contribution in [0.25, 0.3) is 0 Å². The Hall–Kier alpha value is -0.840. The van der Waals surface area contributed by atoms with E-state index in [0.717, 1.165) is 6.20 Å². The fourth-order valence-corrected chi connectivity index (χ4v) is 1.27. The van der Waals surface area contributed by atoms with Crippen LogP contribution in [0, 0.1) is 6.92 Å². The van der Waals surface area contributed by atoms with Gasteiger partial charge < -0.3 is 0 Å². The summed E-state index contributed by atoms with van der Waals surface area (Å²) in [7, 11) is 0. The lowest BCUT2D eigenvalue weighted by Crippen LogP contribution is -1.99. The highest BCUT2D eigenvalue weighted by Gasteiger charge is 2.16. The van der Waals surface area contributed by atoms with Crippen LogP contribution in [0.3, 0.4) is 0 Å². The normalized spacial score (nSPS) is 10.5. The summed E-state index contributed by atoms with van der Waals surface area (Å²) in [5.74, 6) is 0. The fourth-order valence-electron chi connectivity index (χ4n) is 0.951. The second-order valence-corrected chi connectivity index (χ2v) is 3.21. The van der Waals surface area contributed by atoms with Gasteiger partial charge in [0.15, 0.2) is 6.29 Å². The molecule has 0 saturated carbocycles. The molecule has 2 nitrogen and oxygen atoms in total. The van der Waals surface area contributed by atoms with Crippen molar-refractivity contribution in [1.82, 2.24) is 4.98 Å². The van der Waals surface area contributed by atoms with Crippen LogP contribution >= 0.6 is 15.9 Å². The van der Waals surface area contributed by atoms with Crippen molar-refractivity contribution in [3.8, 4) is 0 Å². The Bertz CT molecular complexity index is 341. The molecule has 0 amide bonds. The van der Waals surface area contributed by atoms with E-state index in [1.165, 1.54) is 0 Å². The maximum Gasteiger partial charge on any atom is 0.266 e. The van der Waals surface area contributed by atoms with Crippen LogP contribution in [-0.2, 0) is 0 Å². The van der Waals surface area contributed by atoms with Gasteiger partial charge in [0.1, 0.15) is 4.60 Å². The van der Waals surface area contributed by atoms with Crippen LogP contribution in [0.2, 0.25) is 0 Å². The van der Waals surface area contributed by atoms with Crippen LogP contribution in [0.15, 0.2) is 10.8 Å². The molecule has 13 heavy (non-hydrogen) atoms. The summed E-state index contributed by atoms with van der Waals surface area (Å²) in [5, 5.41) is 0.